The van der Waals surface area contributed by atoms with Crippen molar-refractivity contribution in [3.63, 3.8) is 0 Å². The van der Waals surface area contributed by atoms with E-state index in [1.54, 1.807) is 6.08 Å². The molecule has 2 atom stereocenters. The molecule has 0 spiro atoms. The Hall–Kier alpha value is -0.680. The van der Waals surface area contributed by atoms with Crippen molar-refractivity contribution in [1.29, 1.82) is 0 Å². The largest absolute Gasteiger partial charge is 0.400 e. The molecule has 0 amide bonds. The van der Waals surface area contributed by atoms with Gasteiger partial charge in [-0.15, -0.1) is 0 Å². The molecule has 0 rings (SSSR count). The lowest BCUT2D eigenvalue weighted by Gasteiger charge is -2.28. The third-order valence-electron chi connectivity index (χ3n) is 3.57. The molecule has 0 saturated carbocycles. The van der Waals surface area contributed by atoms with E-state index in [0.717, 1.165) is 6.92 Å². The molecule has 0 heterocycles. The molecule has 0 aliphatic carbocycles. The van der Waals surface area contributed by atoms with Crippen molar-refractivity contribution >= 4 is 0 Å². The van der Waals surface area contributed by atoms with Crippen LogP contribution in [0.25, 0.3) is 0 Å². The fourth-order valence-electron chi connectivity index (χ4n) is 1.75. The van der Waals surface area contributed by atoms with Crippen LogP contribution in [0.5, 0.6) is 0 Å². The third kappa shape index (κ3) is 6.18. The van der Waals surface area contributed by atoms with E-state index < -0.39 is 24.2 Å². The molecule has 0 saturated heterocycles. The Morgan fingerprint density at radius 1 is 0.850 bits per heavy atom. The van der Waals surface area contributed by atoms with Crippen molar-refractivity contribution in [2.45, 2.75) is 53.4 Å². The van der Waals surface area contributed by atoms with Crippen LogP contribution in [0.2, 0.25) is 0 Å². The van der Waals surface area contributed by atoms with E-state index in [4.69, 9.17) is 0 Å². The highest BCUT2D eigenvalue weighted by Gasteiger charge is 2.58. The summed E-state index contributed by atoms with van der Waals surface area (Å²) in [7, 11) is 0. The second-order valence-electron chi connectivity index (χ2n) is 6.36. The summed E-state index contributed by atoms with van der Waals surface area (Å²) in [6.45, 7) is 8.74. The van der Waals surface area contributed by atoms with Gasteiger partial charge in [0, 0.05) is 0 Å². The van der Waals surface area contributed by atoms with E-state index >= 15 is 0 Å². The number of halogens is 6. The van der Waals surface area contributed by atoms with Crippen LogP contribution in [0.4, 0.5) is 26.3 Å². The molecule has 0 aliphatic rings. The first-order chi connectivity index (χ1) is 8.67. The van der Waals surface area contributed by atoms with Crippen LogP contribution in [-0.4, -0.2) is 12.4 Å². The van der Waals surface area contributed by atoms with Crippen LogP contribution < -0.4 is 0 Å². The third-order valence-corrected chi connectivity index (χ3v) is 3.57. The number of allylic oxidation sites excluding steroid dienone is 2. The van der Waals surface area contributed by atoms with Crippen LogP contribution in [0, 0.1) is 23.2 Å². The number of hydrogen-bond donors (Lipinski definition) is 0. The lowest BCUT2D eigenvalue weighted by Crippen LogP contribution is -2.40. The number of rotatable bonds is 4. The molecule has 0 aromatic carbocycles. The average molecular weight is 304 g/mol. The molecular weight excluding hydrogens is 282 g/mol. The van der Waals surface area contributed by atoms with Gasteiger partial charge < -0.3 is 0 Å². The Bertz CT molecular complexity index is 304. The van der Waals surface area contributed by atoms with Crippen LogP contribution in [0.1, 0.15) is 41.0 Å². The summed E-state index contributed by atoms with van der Waals surface area (Å²) in [4.78, 5) is 0. The van der Waals surface area contributed by atoms with Gasteiger partial charge in [0.1, 0.15) is 0 Å². The van der Waals surface area contributed by atoms with Gasteiger partial charge in [-0.3, -0.25) is 0 Å². The summed E-state index contributed by atoms with van der Waals surface area (Å²) in [5.41, 5.74) is -0.0762. The van der Waals surface area contributed by atoms with Gasteiger partial charge in [-0.05, 0) is 23.7 Å². The normalized spacial score (nSPS) is 17.8. The average Bonchev–Trinajstić information content (AvgIpc) is 2.10. The zero-order chi connectivity index (χ0) is 16.4. The molecule has 0 aliphatic heterocycles. The predicted octanol–water partition coefficient (Wildman–Crippen LogP) is 5.99. The highest BCUT2D eigenvalue weighted by atomic mass is 19.4. The molecule has 0 N–H and O–H groups in total. The zero-order valence-electron chi connectivity index (χ0n) is 12.4. The summed E-state index contributed by atoms with van der Waals surface area (Å²) >= 11 is 0. The quantitative estimate of drug-likeness (QED) is 0.442. The van der Waals surface area contributed by atoms with E-state index in [2.05, 4.69) is 0 Å². The summed E-state index contributed by atoms with van der Waals surface area (Å²) < 4.78 is 75.0. The maximum Gasteiger partial charge on any atom is 0.400 e. The Labute approximate surface area is 116 Å². The van der Waals surface area contributed by atoms with Crippen LogP contribution in [0.3, 0.4) is 0 Å². The molecule has 0 fully saturated rings. The van der Waals surface area contributed by atoms with Crippen molar-refractivity contribution < 1.29 is 26.3 Å². The topological polar surface area (TPSA) is 0 Å². The minimum atomic E-state index is -5.26. The molecule has 0 radical (unpaired) electrons. The van der Waals surface area contributed by atoms with Crippen molar-refractivity contribution in [3.8, 4) is 0 Å². The molecule has 0 bridgehead atoms. The highest BCUT2D eigenvalue weighted by molar-refractivity contribution is 4.94. The fraction of sp³-hybridized carbons (Fsp3) is 0.857. The van der Waals surface area contributed by atoms with Gasteiger partial charge in [0.2, 0.25) is 0 Å². The zero-order valence-corrected chi connectivity index (χ0v) is 12.4. The maximum absolute atomic E-state index is 12.5. The van der Waals surface area contributed by atoms with Gasteiger partial charge in [0.25, 0.3) is 0 Å². The SMILES string of the molecule is CC(/C=C/C[C@@H](C)C(C(F)(F)F)C(F)(F)F)C(C)(C)C. The van der Waals surface area contributed by atoms with Crippen molar-refractivity contribution in [1.82, 2.24) is 0 Å². The molecule has 6 heteroatoms. The smallest absolute Gasteiger partial charge is 0.170 e. The van der Waals surface area contributed by atoms with Gasteiger partial charge in [-0.25, -0.2) is 0 Å². The summed E-state index contributed by atoms with van der Waals surface area (Å²) in [5.74, 6) is -4.73. The molecule has 1 unspecified atom stereocenters. The molecule has 120 valence electrons. The van der Waals surface area contributed by atoms with E-state index in [9.17, 15) is 26.3 Å². The fourth-order valence-corrected chi connectivity index (χ4v) is 1.75. The lowest BCUT2D eigenvalue weighted by molar-refractivity contribution is -0.296. The van der Waals surface area contributed by atoms with Crippen molar-refractivity contribution in [3.05, 3.63) is 12.2 Å². The Kier molecular flexibility index (Phi) is 6.18. The van der Waals surface area contributed by atoms with Crippen LogP contribution in [0.15, 0.2) is 12.2 Å². The second kappa shape index (κ2) is 6.39. The predicted molar refractivity (Wildman–Crippen MR) is 67.1 cm³/mol. The highest BCUT2D eigenvalue weighted by Crippen LogP contribution is 2.44. The van der Waals surface area contributed by atoms with Gasteiger partial charge in [-0.1, -0.05) is 46.8 Å². The molecule has 0 aromatic heterocycles. The minimum absolute atomic E-state index is 0.0740. The number of alkyl halides is 6. The molecule has 0 aromatic rings. The summed E-state index contributed by atoms with van der Waals surface area (Å²) in [5, 5.41) is 0. The van der Waals surface area contributed by atoms with Crippen molar-refractivity contribution in [2.75, 3.05) is 0 Å². The molecule has 20 heavy (non-hydrogen) atoms. The first kappa shape index (κ1) is 19.3. The monoisotopic (exact) mass is 304 g/mol. The lowest BCUT2D eigenvalue weighted by atomic mass is 9.81. The van der Waals surface area contributed by atoms with Gasteiger partial charge in [0.15, 0.2) is 5.92 Å². The van der Waals surface area contributed by atoms with E-state index in [-0.39, 0.29) is 17.8 Å². The molecular formula is C14H22F6. The van der Waals surface area contributed by atoms with E-state index in [0.29, 0.717) is 0 Å². The Balaban J connectivity index is 4.82. The Morgan fingerprint density at radius 2 is 1.25 bits per heavy atom. The van der Waals surface area contributed by atoms with Gasteiger partial charge in [0.05, 0.1) is 0 Å². The number of hydrogen-bond acceptors (Lipinski definition) is 0. The standard InChI is InChI=1S/C14H22F6/c1-9(7-6-8-10(2)12(3,4)5)11(13(15,16)17)14(18,19)20/h6,8-11H,7H2,1-5H3/b8-6+/t9-,10?/m1/s1. The van der Waals surface area contributed by atoms with Crippen LogP contribution >= 0.6 is 0 Å². The molecule has 0 nitrogen and oxygen atoms in total. The van der Waals surface area contributed by atoms with Crippen LogP contribution in [-0.2, 0) is 0 Å². The van der Waals surface area contributed by atoms with Gasteiger partial charge in [-0.2, -0.15) is 26.3 Å². The first-order valence-electron chi connectivity index (χ1n) is 6.47. The Morgan fingerprint density at radius 3 is 1.55 bits per heavy atom. The maximum atomic E-state index is 12.5. The van der Waals surface area contributed by atoms with E-state index in [1.165, 1.54) is 6.08 Å². The summed E-state index contributed by atoms with van der Waals surface area (Å²) in [6.07, 6.45) is -7.67. The van der Waals surface area contributed by atoms with E-state index in [1.807, 2.05) is 27.7 Å². The first-order valence-corrected chi connectivity index (χ1v) is 6.47. The minimum Gasteiger partial charge on any atom is -0.170 e. The van der Waals surface area contributed by atoms with Gasteiger partial charge >= 0.3 is 12.4 Å². The van der Waals surface area contributed by atoms with Crippen molar-refractivity contribution in [2.24, 2.45) is 23.2 Å². The summed E-state index contributed by atoms with van der Waals surface area (Å²) in [6, 6.07) is 0. The second-order valence-corrected chi connectivity index (χ2v) is 6.36.